The number of benzene rings is 2. The van der Waals surface area contributed by atoms with Gasteiger partial charge in [-0.2, -0.15) is 0 Å². The molecule has 0 unspecified atom stereocenters. The van der Waals surface area contributed by atoms with Gasteiger partial charge in [-0.1, -0.05) is 42.5 Å². The van der Waals surface area contributed by atoms with Gasteiger partial charge in [0.25, 0.3) is 0 Å². The number of para-hydroxylation sites is 2. The highest BCUT2D eigenvalue weighted by Crippen LogP contribution is 2.24. The van der Waals surface area contributed by atoms with Crippen LogP contribution in [0.25, 0.3) is 0 Å². The van der Waals surface area contributed by atoms with Crippen LogP contribution in [0.15, 0.2) is 71.1 Å². The van der Waals surface area contributed by atoms with Gasteiger partial charge in [0.2, 0.25) is 5.91 Å². The third-order valence-corrected chi connectivity index (χ3v) is 5.25. The van der Waals surface area contributed by atoms with Crippen LogP contribution in [0.5, 0.6) is 5.75 Å². The fraction of sp³-hybridized carbons (Fsp3) is 0.308. The van der Waals surface area contributed by atoms with Gasteiger partial charge in [0.15, 0.2) is 0 Å². The molecule has 2 aromatic carbocycles. The maximum atomic E-state index is 13.4. The Morgan fingerprint density at radius 2 is 1.67 bits per heavy atom. The molecule has 0 aliphatic rings. The summed E-state index contributed by atoms with van der Waals surface area (Å²) in [6.45, 7) is 6.31. The van der Waals surface area contributed by atoms with E-state index in [-0.39, 0.29) is 24.5 Å². The van der Waals surface area contributed by atoms with E-state index >= 15 is 0 Å². The number of urea groups is 1. The summed E-state index contributed by atoms with van der Waals surface area (Å²) in [5.41, 5.74) is 1.55. The number of ether oxygens (including phenoxy) is 1. The summed E-state index contributed by atoms with van der Waals surface area (Å²) >= 11 is 0. The molecule has 7 heteroatoms. The molecule has 1 aromatic heterocycles. The van der Waals surface area contributed by atoms with Crippen molar-refractivity contribution in [1.29, 1.82) is 0 Å². The van der Waals surface area contributed by atoms with E-state index in [0.717, 1.165) is 11.3 Å². The van der Waals surface area contributed by atoms with Crippen molar-refractivity contribution in [3.05, 3.63) is 83.8 Å². The Morgan fingerprint density at radius 1 is 0.970 bits per heavy atom. The van der Waals surface area contributed by atoms with Crippen molar-refractivity contribution in [3.8, 4) is 5.75 Å². The summed E-state index contributed by atoms with van der Waals surface area (Å²) in [7, 11) is 1.55. The van der Waals surface area contributed by atoms with Gasteiger partial charge in [0, 0.05) is 12.6 Å². The molecular formula is C26H31N3O4. The van der Waals surface area contributed by atoms with E-state index in [0.29, 0.717) is 30.3 Å². The van der Waals surface area contributed by atoms with E-state index in [4.69, 9.17) is 9.15 Å². The zero-order chi connectivity index (χ0) is 23.8. The number of rotatable bonds is 9. The highest BCUT2D eigenvalue weighted by Gasteiger charge is 2.25. The van der Waals surface area contributed by atoms with Gasteiger partial charge in [-0.05, 0) is 50.6 Å². The first kappa shape index (κ1) is 23.9. The van der Waals surface area contributed by atoms with Crippen LogP contribution < -0.4 is 10.1 Å². The van der Waals surface area contributed by atoms with E-state index < -0.39 is 0 Å². The second-order valence-electron chi connectivity index (χ2n) is 8.10. The maximum absolute atomic E-state index is 13.4. The molecular weight excluding hydrogens is 418 g/mol. The van der Waals surface area contributed by atoms with Crippen molar-refractivity contribution in [3.63, 3.8) is 0 Å². The van der Waals surface area contributed by atoms with Gasteiger partial charge >= 0.3 is 6.03 Å². The average molecular weight is 450 g/mol. The summed E-state index contributed by atoms with van der Waals surface area (Å²) in [6, 6.07) is 20.1. The molecule has 0 fully saturated rings. The second kappa shape index (κ2) is 11.2. The molecule has 0 atom stereocenters. The van der Waals surface area contributed by atoms with Crippen LogP contribution in [0.3, 0.4) is 0 Å². The lowest BCUT2D eigenvalue weighted by Gasteiger charge is -2.30. The summed E-state index contributed by atoms with van der Waals surface area (Å²) in [5, 5.41) is 2.86. The summed E-state index contributed by atoms with van der Waals surface area (Å²) in [6.07, 6.45) is 0. The van der Waals surface area contributed by atoms with Gasteiger partial charge in [-0.15, -0.1) is 0 Å². The fourth-order valence-electron chi connectivity index (χ4n) is 3.46. The van der Waals surface area contributed by atoms with Gasteiger partial charge in [-0.25, -0.2) is 4.79 Å². The molecule has 0 bridgehead atoms. The number of furan rings is 1. The molecule has 0 aliphatic heterocycles. The Balaban J connectivity index is 1.77. The molecule has 174 valence electrons. The lowest BCUT2D eigenvalue weighted by atomic mass is 10.2. The monoisotopic (exact) mass is 449 g/mol. The van der Waals surface area contributed by atoms with Crippen molar-refractivity contribution in [2.24, 2.45) is 0 Å². The smallest absolute Gasteiger partial charge is 0.322 e. The molecule has 0 aliphatic carbocycles. The van der Waals surface area contributed by atoms with Crippen LogP contribution in [0.4, 0.5) is 10.5 Å². The first-order chi connectivity index (χ1) is 15.9. The van der Waals surface area contributed by atoms with Crippen molar-refractivity contribution >= 4 is 17.6 Å². The van der Waals surface area contributed by atoms with Crippen molar-refractivity contribution in [1.82, 2.24) is 9.80 Å². The van der Waals surface area contributed by atoms with Crippen LogP contribution in [0.1, 0.15) is 30.9 Å². The topological polar surface area (TPSA) is 75.0 Å². The van der Waals surface area contributed by atoms with Crippen molar-refractivity contribution < 1.29 is 18.7 Å². The van der Waals surface area contributed by atoms with Crippen LogP contribution >= 0.6 is 0 Å². The molecule has 0 radical (unpaired) electrons. The summed E-state index contributed by atoms with van der Waals surface area (Å²) in [5.74, 6) is 1.88. The largest absolute Gasteiger partial charge is 0.495 e. The maximum Gasteiger partial charge on any atom is 0.322 e. The number of hydrogen-bond donors (Lipinski definition) is 1. The minimum absolute atomic E-state index is 0.0643. The minimum atomic E-state index is -0.364. The lowest BCUT2D eigenvalue weighted by molar-refractivity contribution is -0.133. The van der Waals surface area contributed by atoms with Crippen LogP contribution in [-0.2, 0) is 17.9 Å². The SMILES string of the molecule is COc1ccccc1NC(=O)N(CC(=O)N(Cc1ccccc1)Cc1ccc(C)o1)C(C)C. The normalized spacial score (nSPS) is 10.7. The van der Waals surface area contributed by atoms with Crippen molar-refractivity contribution in [2.75, 3.05) is 19.0 Å². The summed E-state index contributed by atoms with van der Waals surface area (Å²) < 4.78 is 11.0. The highest BCUT2D eigenvalue weighted by molar-refractivity contribution is 5.93. The zero-order valence-corrected chi connectivity index (χ0v) is 19.6. The number of nitrogens with zero attached hydrogens (tertiary/aromatic N) is 2. The quantitative estimate of drug-likeness (QED) is 0.495. The summed E-state index contributed by atoms with van der Waals surface area (Å²) in [4.78, 5) is 29.7. The van der Waals surface area contributed by atoms with E-state index in [1.54, 1.807) is 24.1 Å². The number of aryl methyl sites for hydroxylation is 1. The number of carbonyl (C=O) groups is 2. The molecule has 0 spiro atoms. The molecule has 1 N–H and O–H groups in total. The first-order valence-electron chi connectivity index (χ1n) is 10.9. The lowest BCUT2D eigenvalue weighted by Crippen LogP contribution is -2.47. The molecule has 3 rings (SSSR count). The molecule has 3 aromatic rings. The standard InChI is InChI=1S/C26H31N3O4/c1-19(2)29(26(31)27-23-12-8-9-13-24(23)32-4)18-25(30)28(16-21-10-6-5-7-11-21)17-22-15-14-20(3)33-22/h5-15,19H,16-18H2,1-4H3,(H,27,31). The van der Waals surface area contributed by atoms with E-state index in [9.17, 15) is 9.59 Å². The van der Waals surface area contributed by atoms with Gasteiger partial charge in [-0.3, -0.25) is 4.79 Å². The molecule has 7 nitrogen and oxygen atoms in total. The second-order valence-corrected chi connectivity index (χ2v) is 8.10. The number of amides is 3. The Labute approximate surface area is 194 Å². The van der Waals surface area contributed by atoms with E-state index in [1.807, 2.05) is 75.4 Å². The number of carbonyl (C=O) groups excluding carboxylic acids is 2. The number of anilines is 1. The van der Waals surface area contributed by atoms with Gasteiger partial charge < -0.3 is 24.3 Å². The number of hydrogen-bond acceptors (Lipinski definition) is 4. The van der Waals surface area contributed by atoms with Crippen LogP contribution in [0.2, 0.25) is 0 Å². The predicted molar refractivity (Wildman–Crippen MR) is 128 cm³/mol. The Kier molecular flexibility index (Phi) is 8.13. The Hall–Kier alpha value is -3.74. The molecule has 0 saturated carbocycles. The number of methoxy groups -OCH3 is 1. The predicted octanol–water partition coefficient (Wildman–Crippen LogP) is 5.07. The fourth-order valence-corrected chi connectivity index (χ4v) is 3.46. The Morgan fingerprint density at radius 3 is 2.30 bits per heavy atom. The average Bonchev–Trinajstić information content (AvgIpc) is 3.22. The van der Waals surface area contributed by atoms with Crippen molar-refractivity contribution in [2.45, 2.75) is 39.9 Å². The first-order valence-corrected chi connectivity index (χ1v) is 10.9. The molecule has 33 heavy (non-hydrogen) atoms. The Bertz CT molecular complexity index is 1060. The molecule has 1 heterocycles. The molecule has 3 amide bonds. The van der Waals surface area contributed by atoms with E-state index in [1.165, 1.54) is 4.90 Å². The minimum Gasteiger partial charge on any atom is -0.495 e. The van der Waals surface area contributed by atoms with Crippen LogP contribution in [0, 0.1) is 6.92 Å². The van der Waals surface area contributed by atoms with Gasteiger partial charge in [0.1, 0.15) is 23.8 Å². The van der Waals surface area contributed by atoms with Gasteiger partial charge in [0.05, 0.1) is 19.3 Å². The van der Waals surface area contributed by atoms with Crippen LogP contribution in [-0.4, -0.2) is 41.4 Å². The zero-order valence-electron chi connectivity index (χ0n) is 19.6. The highest BCUT2D eigenvalue weighted by atomic mass is 16.5. The third-order valence-electron chi connectivity index (χ3n) is 5.25. The number of nitrogens with one attached hydrogen (secondary N) is 1. The third kappa shape index (κ3) is 6.62. The molecule has 0 saturated heterocycles. The van der Waals surface area contributed by atoms with E-state index in [2.05, 4.69) is 5.32 Å².